The first-order valence-corrected chi connectivity index (χ1v) is 8.96. The van der Waals surface area contributed by atoms with Crippen LogP contribution in [-0.4, -0.2) is 49.5 Å². The lowest BCUT2D eigenvalue weighted by molar-refractivity contribution is 0.182. The predicted molar refractivity (Wildman–Crippen MR) is 74.3 cm³/mol. The average Bonchev–Trinajstić information content (AvgIpc) is 2.28. The summed E-state index contributed by atoms with van der Waals surface area (Å²) < 4.78 is 23.0. The van der Waals surface area contributed by atoms with Crippen molar-refractivity contribution in [2.75, 3.05) is 24.6 Å². The molecular weight excluding hydrogens is 248 g/mol. The van der Waals surface area contributed by atoms with Crippen LogP contribution in [0.25, 0.3) is 0 Å². The molecule has 0 bridgehead atoms. The molecule has 2 rings (SSSR count). The van der Waals surface area contributed by atoms with Crippen LogP contribution in [-0.2, 0) is 9.84 Å². The first-order chi connectivity index (χ1) is 8.40. The lowest BCUT2D eigenvalue weighted by atomic mass is 9.80. The van der Waals surface area contributed by atoms with Gasteiger partial charge >= 0.3 is 0 Å². The van der Waals surface area contributed by atoms with E-state index < -0.39 is 9.84 Å². The van der Waals surface area contributed by atoms with Gasteiger partial charge in [0.1, 0.15) is 0 Å². The summed E-state index contributed by atoms with van der Waals surface area (Å²) in [5, 5.41) is 0. The second kappa shape index (κ2) is 5.47. The van der Waals surface area contributed by atoms with E-state index in [-0.39, 0.29) is 11.6 Å². The molecule has 4 nitrogen and oxygen atoms in total. The van der Waals surface area contributed by atoms with Crippen LogP contribution in [0.1, 0.15) is 45.4 Å². The first kappa shape index (κ1) is 14.3. The number of hydrogen-bond acceptors (Lipinski definition) is 4. The van der Waals surface area contributed by atoms with E-state index in [9.17, 15) is 8.42 Å². The Morgan fingerprint density at radius 3 is 2.56 bits per heavy atom. The number of nitrogens with zero attached hydrogens (tertiary/aromatic N) is 1. The molecule has 1 unspecified atom stereocenters. The minimum atomic E-state index is -2.80. The number of hydrogen-bond donors (Lipinski definition) is 1. The van der Waals surface area contributed by atoms with Crippen molar-refractivity contribution in [3.63, 3.8) is 0 Å². The molecule has 1 saturated heterocycles. The lowest BCUT2D eigenvalue weighted by Crippen LogP contribution is -2.50. The fourth-order valence-electron chi connectivity index (χ4n) is 3.24. The summed E-state index contributed by atoms with van der Waals surface area (Å²) in [5.41, 5.74) is 6.44. The molecule has 1 atom stereocenters. The van der Waals surface area contributed by atoms with E-state index in [1.165, 1.54) is 19.3 Å². The van der Waals surface area contributed by atoms with Crippen molar-refractivity contribution < 1.29 is 8.42 Å². The van der Waals surface area contributed by atoms with Crippen molar-refractivity contribution in [2.24, 2.45) is 5.73 Å². The van der Waals surface area contributed by atoms with Gasteiger partial charge in [-0.25, -0.2) is 8.42 Å². The van der Waals surface area contributed by atoms with Crippen molar-refractivity contribution >= 4 is 9.84 Å². The van der Waals surface area contributed by atoms with Crippen LogP contribution in [0.3, 0.4) is 0 Å². The largest absolute Gasteiger partial charge is 0.325 e. The zero-order chi connectivity index (χ0) is 13.2. The fraction of sp³-hybridized carbons (Fsp3) is 1.00. The molecule has 0 amide bonds. The first-order valence-electron chi connectivity index (χ1n) is 7.14. The zero-order valence-electron chi connectivity index (χ0n) is 11.4. The van der Waals surface area contributed by atoms with Gasteiger partial charge in [0.15, 0.2) is 9.84 Å². The van der Waals surface area contributed by atoms with Crippen LogP contribution in [0, 0.1) is 0 Å². The van der Waals surface area contributed by atoms with Gasteiger partial charge in [0.25, 0.3) is 0 Å². The van der Waals surface area contributed by atoms with Crippen LogP contribution in [0.5, 0.6) is 0 Å². The van der Waals surface area contributed by atoms with Crippen LogP contribution in [0.2, 0.25) is 0 Å². The van der Waals surface area contributed by atoms with Crippen LogP contribution >= 0.6 is 0 Å². The average molecular weight is 274 g/mol. The summed E-state index contributed by atoms with van der Waals surface area (Å²) in [6, 6.07) is 0.149. The molecule has 1 heterocycles. The van der Waals surface area contributed by atoms with E-state index >= 15 is 0 Å². The van der Waals surface area contributed by atoms with Crippen molar-refractivity contribution in [3.05, 3.63) is 0 Å². The Bertz CT molecular complexity index is 374. The third-order valence-corrected chi connectivity index (χ3v) is 6.35. The zero-order valence-corrected chi connectivity index (χ0v) is 12.2. The van der Waals surface area contributed by atoms with Crippen molar-refractivity contribution in [2.45, 2.75) is 57.0 Å². The molecule has 0 radical (unpaired) electrons. The molecule has 5 heteroatoms. The highest BCUT2D eigenvalue weighted by Crippen LogP contribution is 2.29. The molecule has 0 aromatic rings. The highest BCUT2D eigenvalue weighted by Gasteiger charge is 2.31. The van der Waals surface area contributed by atoms with Crippen LogP contribution < -0.4 is 5.73 Å². The molecule has 0 spiro atoms. The molecule has 1 aliphatic heterocycles. The number of rotatable bonds is 3. The molecule has 2 fully saturated rings. The maximum absolute atomic E-state index is 11.5. The summed E-state index contributed by atoms with van der Waals surface area (Å²) in [6.07, 6.45) is 7.09. The van der Waals surface area contributed by atoms with Gasteiger partial charge in [-0.15, -0.1) is 0 Å². The van der Waals surface area contributed by atoms with Crippen LogP contribution in [0.4, 0.5) is 0 Å². The molecule has 0 aromatic heterocycles. The van der Waals surface area contributed by atoms with Gasteiger partial charge in [-0.2, -0.15) is 0 Å². The summed E-state index contributed by atoms with van der Waals surface area (Å²) in [5.74, 6) is 0.624. The topological polar surface area (TPSA) is 63.4 Å². The standard InChI is InChI=1S/C13H26N2O2S/c1-12-11-18(16,17)10-9-15(12)8-7-13(14)5-3-2-4-6-13/h12H,2-11,14H2,1H3. The smallest absolute Gasteiger partial charge is 0.153 e. The SMILES string of the molecule is CC1CS(=O)(=O)CCN1CCC1(N)CCCCC1. The second-order valence-electron chi connectivity index (χ2n) is 6.17. The maximum atomic E-state index is 11.5. The van der Waals surface area contributed by atoms with Gasteiger partial charge in [0.05, 0.1) is 11.5 Å². The van der Waals surface area contributed by atoms with E-state index in [4.69, 9.17) is 5.73 Å². The van der Waals surface area contributed by atoms with Crippen molar-refractivity contribution in [1.29, 1.82) is 0 Å². The Morgan fingerprint density at radius 2 is 1.94 bits per heavy atom. The highest BCUT2D eigenvalue weighted by atomic mass is 32.2. The quantitative estimate of drug-likeness (QED) is 0.839. The van der Waals surface area contributed by atoms with E-state index in [0.717, 1.165) is 25.8 Å². The van der Waals surface area contributed by atoms with Crippen molar-refractivity contribution in [1.82, 2.24) is 4.90 Å². The maximum Gasteiger partial charge on any atom is 0.153 e. The molecule has 1 aliphatic carbocycles. The Kier molecular flexibility index (Phi) is 4.34. The Morgan fingerprint density at radius 1 is 1.28 bits per heavy atom. The third kappa shape index (κ3) is 3.68. The Hall–Kier alpha value is -0.130. The van der Waals surface area contributed by atoms with Gasteiger partial charge in [0.2, 0.25) is 0 Å². The minimum absolute atomic E-state index is 0.00823. The van der Waals surface area contributed by atoms with E-state index in [1.54, 1.807) is 0 Å². The van der Waals surface area contributed by atoms with Gasteiger partial charge in [-0.1, -0.05) is 19.3 Å². The monoisotopic (exact) mass is 274 g/mol. The highest BCUT2D eigenvalue weighted by molar-refractivity contribution is 7.91. The second-order valence-corrected chi connectivity index (χ2v) is 8.40. The summed E-state index contributed by atoms with van der Waals surface area (Å²) in [6.45, 7) is 3.65. The molecule has 106 valence electrons. The minimum Gasteiger partial charge on any atom is -0.325 e. The third-order valence-electron chi connectivity index (χ3n) is 4.55. The molecule has 1 saturated carbocycles. The summed E-state index contributed by atoms with van der Waals surface area (Å²) in [7, 11) is -2.80. The summed E-state index contributed by atoms with van der Waals surface area (Å²) in [4.78, 5) is 2.30. The van der Waals surface area contributed by atoms with E-state index in [1.807, 2.05) is 6.92 Å². The van der Waals surface area contributed by atoms with Gasteiger partial charge in [-0.05, 0) is 26.2 Å². The van der Waals surface area contributed by atoms with Gasteiger partial charge in [0, 0.05) is 24.7 Å². The van der Waals surface area contributed by atoms with E-state index in [2.05, 4.69) is 4.90 Å². The van der Waals surface area contributed by atoms with Crippen molar-refractivity contribution in [3.8, 4) is 0 Å². The fourth-order valence-corrected chi connectivity index (χ4v) is 4.86. The molecule has 2 N–H and O–H groups in total. The molecule has 18 heavy (non-hydrogen) atoms. The number of nitrogens with two attached hydrogens (primary N) is 1. The van der Waals surface area contributed by atoms with Crippen LogP contribution in [0.15, 0.2) is 0 Å². The summed E-state index contributed by atoms with van der Waals surface area (Å²) >= 11 is 0. The Balaban J connectivity index is 1.83. The molecule has 0 aromatic carbocycles. The molecule has 2 aliphatic rings. The Labute approximate surface area is 111 Å². The lowest BCUT2D eigenvalue weighted by Gasteiger charge is -2.38. The van der Waals surface area contributed by atoms with Gasteiger partial charge in [-0.3, -0.25) is 4.90 Å². The molecular formula is C13H26N2O2S. The predicted octanol–water partition coefficient (Wildman–Crippen LogP) is 1.16. The van der Waals surface area contributed by atoms with E-state index in [0.29, 0.717) is 18.1 Å². The normalized spacial score (nSPS) is 32.2. The number of sulfone groups is 1. The van der Waals surface area contributed by atoms with Gasteiger partial charge < -0.3 is 5.73 Å².